The van der Waals surface area contributed by atoms with Crippen molar-refractivity contribution in [2.24, 2.45) is 10.9 Å². The van der Waals surface area contributed by atoms with Gasteiger partial charge in [0.15, 0.2) is 0 Å². The number of aliphatic imine (C=N–C) groups is 1. The fraction of sp³-hybridized carbons (Fsp3) is 0.833. The summed E-state index contributed by atoms with van der Waals surface area (Å²) >= 11 is 0. The molecule has 0 saturated heterocycles. The molecule has 0 atom stereocenters. The van der Waals surface area contributed by atoms with Crippen LogP contribution in [0.4, 0.5) is 0 Å². The van der Waals surface area contributed by atoms with Gasteiger partial charge in [-0.15, -0.1) is 0 Å². The van der Waals surface area contributed by atoms with Gasteiger partial charge in [-0.25, -0.2) is 0 Å². The topological polar surface area (TPSA) is 35.4 Å². The van der Waals surface area contributed by atoms with Crippen LogP contribution in [0.5, 0.6) is 0 Å². The summed E-state index contributed by atoms with van der Waals surface area (Å²) in [5, 5.41) is 10.5. The van der Waals surface area contributed by atoms with Crippen LogP contribution in [-0.2, 0) is 0 Å². The number of nitrogens with zero attached hydrogens (tertiary/aromatic N) is 1. The van der Waals surface area contributed by atoms with Gasteiger partial charge >= 0.3 is 0 Å². The van der Waals surface area contributed by atoms with E-state index >= 15 is 0 Å². The Bertz CT molecular complexity index is 86.5. The molecule has 0 aromatic carbocycles. The summed E-state index contributed by atoms with van der Waals surface area (Å²) in [4.78, 5) is 3.49. The van der Waals surface area contributed by atoms with Gasteiger partial charge in [0.2, 0.25) is 0 Å². The molecule has 0 heterocycles. The zero-order chi connectivity index (χ0) is 6.57. The maximum absolute atomic E-state index is 10.5. The van der Waals surface area contributed by atoms with E-state index in [0.717, 1.165) is 0 Å². The Labute approximate surface area is 50.3 Å². The Hall–Kier alpha value is -0.530. The van der Waals surface area contributed by atoms with E-state index in [1.54, 1.807) is 0 Å². The Morgan fingerprint density at radius 3 is 2.25 bits per heavy atom. The molecule has 2 heteroatoms. The summed E-state index contributed by atoms with van der Waals surface area (Å²) in [5.41, 5.74) is 0. The first-order chi connectivity index (χ1) is 3.66. The number of hydrogen-bond acceptors (Lipinski definition) is 2. The van der Waals surface area contributed by atoms with Gasteiger partial charge in [-0.05, 0) is 18.2 Å². The molecule has 0 N–H and O–H groups in total. The average molecular weight is 114 g/mol. The third-order valence-electron chi connectivity index (χ3n) is 0.832. The summed E-state index contributed by atoms with van der Waals surface area (Å²) in [6.07, 6.45) is 0.580. The van der Waals surface area contributed by atoms with Crippen molar-refractivity contribution in [3.63, 3.8) is 0 Å². The molecule has 0 saturated carbocycles. The van der Waals surface area contributed by atoms with Crippen molar-refractivity contribution in [3.05, 3.63) is 0 Å². The molecule has 0 aliphatic heterocycles. The minimum Gasteiger partial charge on any atom is -0.862 e. The zero-order valence-electron chi connectivity index (χ0n) is 5.64. The zero-order valence-corrected chi connectivity index (χ0v) is 5.64. The van der Waals surface area contributed by atoms with Gasteiger partial charge in [0.1, 0.15) is 0 Å². The van der Waals surface area contributed by atoms with Crippen molar-refractivity contribution >= 4 is 5.90 Å². The second-order valence-corrected chi connectivity index (χ2v) is 2.22. The predicted octanol–water partition coefficient (Wildman–Crippen LogP) is 0.421. The second-order valence-electron chi connectivity index (χ2n) is 2.22. The summed E-state index contributed by atoms with van der Waals surface area (Å²) in [7, 11) is 1.53. The Morgan fingerprint density at radius 2 is 2.12 bits per heavy atom. The summed E-state index contributed by atoms with van der Waals surface area (Å²) in [6, 6.07) is 0. The summed E-state index contributed by atoms with van der Waals surface area (Å²) < 4.78 is 0. The molecule has 48 valence electrons. The molecule has 0 unspecified atom stereocenters. The highest BCUT2D eigenvalue weighted by molar-refractivity contribution is 5.71. The normalized spacial score (nSPS) is 12.8. The van der Waals surface area contributed by atoms with Crippen LogP contribution < -0.4 is 5.11 Å². The quantitative estimate of drug-likeness (QED) is 0.378. The van der Waals surface area contributed by atoms with Gasteiger partial charge < -0.3 is 10.1 Å². The minimum absolute atomic E-state index is 0.000000000000000222. The molecular formula is C6H12NO-. The monoisotopic (exact) mass is 114 g/mol. The van der Waals surface area contributed by atoms with Crippen molar-refractivity contribution in [3.8, 4) is 0 Å². The number of rotatable bonds is 2. The molecule has 0 spiro atoms. The van der Waals surface area contributed by atoms with Gasteiger partial charge in [-0.2, -0.15) is 0 Å². The van der Waals surface area contributed by atoms with Crippen LogP contribution in [0.25, 0.3) is 0 Å². The fourth-order valence-electron chi connectivity index (χ4n) is 0.441. The molecule has 0 rings (SSSR count). The van der Waals surface area contributed by atoms with E-state index in [2.05, 4.69) is 4.99 Å². The highest BCUT2D eigenvalue weighted by Crippen LogP contribution is 1.96. The van der Waals surface area contributed by atoms with Gasteiger partial charge in [0.25, 0.3) is 0 Å². The van der Waals surface area contributed by atoms with Crippen molar-refractivity contribution in [2.45, 2.75) is 20.3 Å². The Balaban J connectivity index is 3.39. The Morgan fingerprint density at radius 1 is 1.62 bits per heavy atom. The van der Waals surface area contributed by atoms with E-state index < -0.39 is 0 Å². The largest absolute Gasteiger partial charge is 0.862 e. The fourth-order valence-corrected chi connectivity index (χ4v) is 0.441. The van der Waals surface area contributed by atoms with Gasteiger partial charge in [0, 0.05) is 7.05 Å². The highest BCUT2D eigenvalue weighted by Gasteiger charge is 1.89. The van der Waals surface area contributed by atoms with E-state index in [9.17, 15) is 5.11 Å². The third kappa shape index (κ3) is 3.65. The van der Waals surface area contributed by atoms with E-state index in [1.165, 1.54) is 7.05 Å². The van der Waals surface area contributed by atoms with Gasteiger partial charge in [-0.1, -0.05) is 13.8 Å². The lowest BCUT2D eigenvalue weighted by Crippen LogP contribution is -2.18. The summed E-state index contributed by atoms with van der Waals surface area (Å²) in [6.45, 7) is 4.01. The van der Waals surface area contributed by atoms with Crippen LogP contribution >= 0.6 is 0 Å². The van der Waals surface area contributed by atoms with E-state index in [-0.39, 0.29) is 5.90 Å². The highest BCUT2D eigenvalue weighted by atomic mass is 16.3. The lowest BCUT2D eigenvalue weighted by Gasteiger charge is -2.10. The van der Waals surface area contributed by atoms with E-state index in [4.69, 9.17) is 0 Å². The molecule has 0 aromatic rings. The molecule has 0 radical (unpaired) electrons. The van der Waals surface area contributed by atoms with E-state index in [0.29, 0.717) is 12.3 Å². The molecular weight excluding hydrogens is 102 g/mol. The molecule has 0 aliphatic rings. The smallest absolute Gasteiger partial charge is 0.0265 e. The van der Waals surface area contributed by atoms with Gasteiger partial charge in [-0.3, -0.25) is 0 Å². The van der Waals surface area contributed by atoms with Crippen molar-refractivity contribution in [2.75, 3.05) is 7.05 Å². The van der Waals surface area contributed by atoms with Crippen LogP contribution in [-0.4, -0.2) is 12.9 Å². The first kappa shape index (κ1) is 7.47. The standard InChI is InChI=1S/C6H13NO/c1-5(2)4-6(8)7-3/h5H,4H2,1-3H3,(H,7,8)/p-1. The van der Waals surface area contributed by atoms with Gasteiger partial charge in [0.05, 0.1) is 0 Å². The lowest BCUT2D eigenvalue weighted by molar-refractivity contribution is -0.219. The maximum Gasteiger partial charge on any atom is 0.0265 e. The average Bonchev–Trinajstić information content (AvgIpc) is 1.65. The molecule has 0 aromatic heterocycles. The number of hydrogen-bond donors (Lipinski definition) is 0. The maximum atomic E-state index is 10.5. The summed E-state index contributed by atoms with van der Waals surface area (Å²) in [5.74, 6) is 0.436. The molecule has 8 heavy (non-hydrogen) atoms. The van der Waals surface area contributed by atoms with Crippen LogP contribution in [0.2, 0.25) is 0 Å². The molecule has 0 fully saturated rings. The van der Waals surface area contributed by atoms with Crippen molar-refractivity contribution < 1.29 is 5.11 Å². The van der Waals surface area contributed by atoms with Crippen LogP contribution in [0.3, 0.4) is 0 Å². The van der Waals surface area contributed by atoms with Crippen molar-refractivity contribution in [1.29, 1.82) is 0 Å². The molecule has 2 nitrogen and oxygen atoms in total. The predicted molar refractivity (Wildman–Crippen MR) is 32.8 cm³/mol. The second kappa shape index (κ2) is 3.47. The lowest BCUT2D eigenvalue weighted by atomic mass is 10.1. The van der Waals surface area contributed by atoms with Crippen LogP contribution in [0.1, 0.15) is 20.3 Å². The van der Waals surface area contributed by atoms with Crippen molar-refractivity contribution in [1.82, 2.24) is 0 Å². The molecule has 0 amide bonds. The molecule has 0 aliphatic carbocycles. The first-order valence-electron chi connectivity index (χ1n) is 2.79. The Kier molecular flexibility index (Phi) is 3.24. The third-order valence-corrected chi connectivity index (χ3v) is 0.832. The van der Waals surface area contributed by atoms with E-state index in [1.807, 2.05) is 13.8 Å². The van der Waals surface area contributed by atoms with Crippen LogP contribution in [0, 0.1) is 5.92 Å². The minimum atomic E-state index is 0.000000000000000222. The molecule has 0 bridgehead atoms. The SMILES string of the molecule is CN=C([O-])CC(C)C. The van der Waals surface area contributed by atoms with Crippen LogP contribution in [0.15, 0.2) is 4.99 Å². The first-order valence-corrected chi connectivity index (χ1v) is 2.79.